The third kappa shape index (κ3) is 3.83. The average Bonchev–Trinajstić information content (AvgIpc) is 2.61. The number of rotatable bonds is 6. The Morgan fingerprint density at radius 3 is 2.50 bits per heavy atom. The summed E-state index contributed by atoms with van der Waals surface area (Å²) >= 11 is 0. The fraction of sp³-hybridized carbons (Fsp3) is 0.235. The van der Waals surface area contributed by atoms with Gasteiger partial charge in [-0.3, -0.25) is 14.4 Å². The Morgan fingerprint density at radius 2 is 1.92 bits per heavy atom. The van der Waals surface area contributed by atoms with Crippen LogP contribution in [0.25, 0.3) is 0 Å². The second-order valence-electron chi connectivity index (χ2n) is 5.45. The zero-order chi connectivity index (χ0) is 19.5. The monoisotopic (exact) mass is 378 g/mol. The Kier molecular flexibility index (Phi) is 5.61. The molecule has 0 amide bonds. The van der Waals surface area contributed by atoms with Gasteiger partial charge in [-0.25, -0.2) is 13.2 Å². The van der Waals surface area contributed by atoms with Crippen LogP contribution in [0.3, 0.4) is 0 Å². The first-order valence-electron chi connectivity index (χ1n) is 7.69. The molecule has 0 aromatic heterocycles. The zero-order valence-electron chi connectivity index (χ0n) is 14.5. The minimum atomic E-state index is -4.00. The van der Waals surface area contributed by atoms with Crippen molar-refractivity contribution in [3.05, 3.63) is 63.7 Å². The number of nitrogens with zero attached hydrogens (tertiary/aromatic N) is 2. The summed E-state index contributed by atoms with van der Waals surface area (Å²) < 4.78 is 31.5. The van der Waals surface area contributed by atoms with Gasteiger partial charge in [0.05, 0.1) is 27.7 Å². The van der Waals surface area contributed by atoms with Crippen LogP contribution in [0, 0.1) is 17.0 Å². The smallest absolute Gasteiger partial charge is 0.338 e. The van der Waals surface area contributed by atoms with Gasteiger partial charge < -0.3 is 4.74 Å². The van der Waals surface area contributed by atoms with Crippen LogP contribution in [0.1, 0.15) is 22.8 Å². The number of sulfonamides is 1. The van der Waals surface area contributed by atoms with Gasteiger partial charge in [0.25, 0.3) is 15.7 Å². The van der Waals surface area contributed by atoms with E-state index in [1.807, 2.05) is 0 Å². The van der Waals surface area contributed by atoms with E-state index in [9.17, 15) is 23.3 Å². The summed E-state index contributed by atoms with van der Waals surface area (Å²) in [4.78, 5) is 21.8. The summed E-state index contributed by atoms with van der Waals surface area (Å²) in [7, 11) is -2.65. The van der Waals surface area contributed by atoms with Gasteiger partial charge >= 0.3 is 5.97 Å². The van der Waals surface area contributed by atoms with Crippen molar-refractivity contribution in [1.82, 2.24) is 0 Å². The molecule has 0 fully saturated rings. The number of aryl methyl sites for hydroxylation is 1. The third-order valence-corrected chi connectivity index (χ3v) is 5.50. The number of ether oxygens (including phenoxy) is 1. The predicted octanol–water partition coefficient (Wildman–Crippen LogP) is 2.91. The maximum absolute atomic E-state index is 12.8. The summed E-state index contributed by atoms with van der Waals surface area (Å²) in [6.45, 7) is 3.59. The summed E-state index contributed by atoms with van der Waals surface area (Å²) in [6, 6.07) is 9.34. The number of carbonyl (C=O) groups excluding carboxylic acids is 1. The maximum atomic E-state index is 12.8. The molecule has 0 saturated carbocycles. The Balaban J connectivity index is 2.41. The van der Waals surface area contributed by atoms with E-state index >= 15 is 0 Å². The molecule has 8 nitrogen and oxygen atoms in total. The molecule has 0 radical (unpaired) electrons. The Morgan fingerprint density at radius 1 is 1.23 bits per heavy atom. The zero-order valence-corrected chi connectivity index (χ0v) is 15.3. The van der Waals surface area contributed by atoms with E-state index in [-0.39, 0.29) is 17.2 Å². The lowest BCUT2D eigenvalue weighted by atomic mass is 10.1. The van der Waals surface area contributed by atoms with Gasteiger partial charge in [-0.05, 0) is 43.7 Å². The number of nitro groups is 1. The van der Waals surface area contributed by atoms with Crippen LogP contribution >= 0.6 is 0 Å². The summed E-state index contributed by atoms with van der Waals surface area (Å²) in [5.74, 6) is -0.494. The first-order chi connectivity index (χ1) is 12.2. The molecule has 0 aliphatic carbocycles. The van der Waals surface area contributed by atoms with Crippen molar-refractivity contribution in [2.24, 2.45) is 0 Å². The highest BCUT2D eigenvalue weighted by molar-refractivity contribution is 7.92. The first kappa shape index (κ1) is 19.4. The number of esters is 1. The number of non-ortho nitro benzene ring substituents is 1. The van der Waals surface area contributed by atoms with Gasteiger partial charge in [-0.1, -0.05) is 6.07 Å². The molecule has 26 heavy (non-hydrogen) atoms. The number of hydrogen-bond acceptors (Lipinski definition) is 6. The second kappa shape index (κ2) is 7.52. The normalized spacial score (nSPS) is 11.0. The Labute approximate surface area is 151 Å². The van der Waals surface area contributed by atoms with Crippen molar-refractivity contribution in [2.45, 2.75) is 18.7 Å². The van der Waals surface area contributed by atoms with Gasteiger partial charge in [0.15, 0.2) is 0 Å². The average molecular weight is 378 g/mol. The molecule has 2 aromatic rings. The van der Waals surface area contributed by atoms with Crippen LogP contribution < -0.4 is 4.31 Å². The van der Waals surface area contributed by atoms with Gasteiger partial charge in [0.1, 0.15) is 0 Å². The molecule has 2 rings (SSSR count). The fourth-order valence-corrected chi connectivity index (χ4v) is 3.70. The SMILES string of the molecule is CCOC(=O)c1ccc(N(C)S(=O)(=O)c2cccc([N+](=O)[O-])c2)c(C)c1. The highest BCUT2D eigenvalue weighted by Gasteiger charge is 2.25. The van der Waals surface area contributed by atoms with Crippen LogP contribution in [0.5, 0.6) is 0 Å². The van der Waals surface area contributed by atoms with E-state index in [1.165, 1.54) is 43.4 Å². The minimum Gasteiger partial charge on any atom is -0.462 e. The third-order valence-electron chi connectivity index (χ3n) is 3.73. The molecule has 138 valence electrons. The minimum absolute atomic E-state index is 0.192. The quantitative estimate of drug-likeness (QED) is 0.435. The number of anilines is 1. The van der Waals surface area contributed by atoms with Crippen molar-refractivity contribution in [3.8, 4) is 0 Å². The van der Waals surface area contributed by atoms with Gasteiger partial charge in [-0.15, -0.1) is 0 Å². The Bertz CT molecular complexity index is 955. The van der Waals surface area contributed by atoms with E-state index in [0.717, 1.165) is 10.4 Å². The van der Waals surface area contributed by atoms with Crippen molar-refractivity contribution < 1.29 is 22.9 Å². The van der Waals surface area contributed by atoms with E-state index in [4.69, 9.17) is 4.74 Å². The van der Waals surface area contributed by atoms with Crippen LogP contribution in [-0.4, -0.2) is 33.0 Å². The first-order valence-corrected chi connectivity index (χ1v) is 9.13. The van der Waals surface area contributed by atoms with E-state index in [0.29, 0.717) is 16.8 Å². The number of carbonyl (C=O) groups is 1. The highest BCUT2D eigenvalue weighted by atomic mass is 32.2. The number of hydrogen-bond donors (Lipinski definition) is 0. The maximum Gasteiger partial charge on any atom is 0.338 e. The van der Waals surface area contributed by atoms with Crippen LogP contribution in [-0.2, 0) is 14.8 Å². The molecule has 0 N–H and O–H groups in total. The predicted molar refractivity (Wildman–Crippen MR) is 95.8 cm³/mol. The molecule has 9 heteroatoms. The van der Waals surface area contributed by atoms with E-state index in [1.54, 1.807) is 13.8 Å². The second-order valence-corrected chi connectivity index (χ2v) is 7.42. The number of nitro benzene ring substituents is 1. The highest BCUT2D eigenvalue weighted by Crippen LogP contribution is 2.27. The largest absolute Gasteiger partial charge is 0.462 e. The van der Waals surface area contributed by atoms with Crippen molar-refractivity contribution >= 4 is 27.4 Å². The standard InChI is InChI=1S/C17H18N2O6S/c1-4-25-17(20)13-8-9-16(12(2)10-13)18(3)26(23,24)15-7-5-6-14(11-15)19(21)22/h5-11H,4H2,1-3H3. The molecule has 0 aliphatic rings. The van der Waals surface area contributed by atoms with Crippen molar-refractivity contribution in [1.29, 1.82) is 0 Å². The van der Waals surface area contributed by atoms with Gasteiger partial charge in [0.2, 0.25) is 0 Å². The molecular formula is C17H18N2O6S. The molecule has 0 saturated heterocycles. The lowest BCUT2D eigenvalue weighted by molar-refractivity contribution is -0.385. The van der Waals surface area contributed by atoms with Gasteiger partial charge in [-0.2, -0.15) is 0 Å². The molecule has 0 spiro atoms. The van der Waals surface area contributed by atoms with Crippen LogP contribution in [0.2, 0.25) is 0 Å². The summed E-state index contributed by atoms with van der Waals surface area (Å²) in [5, 5.41) is 10.9. The van der Waals surface area contributed by atoms with E-state index in [2.05, 4.69) is 0 Å². The molecule has 0 atom stereocenters. The molecule has 2 aromatic carbocycles. The lowest BCUT2D eigenvalue weighted by Crippen LogP contribution is -2.27. The molecular weight excluding hydrogens is 360 g/mol. The fourth-order valence-electron chi connectivity index (χ4n) is 2.40. The lowest BCUT2D eigenvalue weighted by Gasteiger charge is -2.21. The molecule has 0 heterocycles. The van der Waals surface area contributed by atoms with Gasteiger partial charge in [0, 0.05) is 19.2 Å². The Hall–Kier alpha value is -2.94. The van der Waals surface area contributed by atoms with Crippen molar-refractivity contribution in [2.75, 3.05) is 18.0 Å². The number of benzene rings is 2. The van der Waals surface area contributed by atoms with Crippen LogP contribution in [0.15, 0.2) is 47.4 Å². The molecule has 0 unspecified atom stereocenters. The summed E-state index contributed by atoms with van der Waals surface area (Å²) in [6.07, 6.45) is 0. The van der Waals surface area contributed by atoms with Crippen molar-refractivity contribution in [3.63, 3.8) is 0 Å². The molecule has 0 bridgehead atoms. The van der Waals surface area contributed by atoms with Crippen LogP contribution in [0.4, 0.5) is 11.4 Å². The molecule has 0 aliphatic heterocycles. The van der Waals surface area contributed by atoms with E-state index < -0.39 is 20.9 Å². The topological polar surface area (TPSA) is 107 Å². The summed E-state index contributed by atoms with van der Waals surface area (Å²) in [5.41, 5.74) is 0.903.